The maximum Gasteiger partial charge on any atom is 0.171 e. The van der Waals surface area contributed by atoms with Crippen molar-refractivity contribution >= 4 is 22.0 Å². The Bertz CT molecular complexity index is 653. The monoisotopic (exact) mass is 230 g/mol. The number of rotatable bonds is 1. The van der Waals surface area contributed by atoms with Gasteiger partial charge in [0.1, 0.15) is 0 Å². The fourth-order valence-corrected chi connectivity index (χ4v) is 2.32. The molecule has 3 heterocycles. The van der Waals surface area contributed by atoms with Crippen LogP contribution in [-0.4, -0.2) is 14.6 Å². The van der Waals surface area contributed by atoms with Gasteiger partial charge in [-0.15, -0.1) is 21.5 Å². The predicted molar refractivity (Wildman–Crippen MR) is 65.4 cm³/mol. The molecular formula is C11H10N4S. The number of hydrogen-bond acceptors (Lipinski definition) is 4. The molecule has 0 bridgehead atoms. The van der Waals surface area contributed by atoms with Crippen LogP contribution in [0.4, 0.5) is 5.00 Å². The lowest BCUT2D eigenvalue weighted by molar-refractivity contribution is 1.11. The van der Waals surface area contributed by atoms with E-state index < -0.39 is 0 Å². The molecule has 0 saturated heterocycles. The van der Waals surface area contributed by atoms with Crippen molar-refractivity contribution in [2.45, 2.75) is 6.92 Å². The quantitative estimate of drug-likeness (QED) is 0.698. The summed E-state index contributed by atoms with van der Waals surface area (Å²) in [5.74, 6) is 0.800. The van der Waals surface area contributed by atoms with E-state index in [4.69, 9.17) is 5.73 Å². The summed E-state index contributed by atoms with van der Waals surface area (Å²) >= 11 is 1.51. The van der Waals surface area contributed by atoms with Gasteiger partial charge < -0.3 is 5.73 Å². The van der Waals surface area contributed by atoms with Crippen LogP contribution in [0.2, 0.25) is 0 Å². The Morgan fingerprint density at radius 2 is 2.19 bits per heavy atom. The summed E-state index contributed by atoms with van der Waals surface area (Å²) in [6.45, 7) is 2.04. The highest BCUT2D eigenvalue weighted by molar-refractivity contribution is 7.14. The summed E-state index contributed by atoms with van der Waals surface area (Å²) in [6.07, 6.45) is 1.97. The number of aryl methyl sites for hydroxylation is 1. The number of aromatic nitrogens is 3. The van der Waals surface area contributed by atoms with E-state index >= 15 is 0 Å². The van der Waals surface area contributed by atoms with E-state index in [1.165, 1.54) is 16.9 Å². The van der Waals surface area contributed by atoms with E-state index in [1.807, 2.05) is 41.1 Å². The minimum Gasteiger partial charge on any atom is -0.390 e. The van der Waals surface area contributed by atoms with Gasteiger partial charge in [-0.1, -0.05) is 0 Å². The fraction of sp³-hybridized carbons (Fsp3) is 0.0909. The third kappa shape index (κ3) is 1.29. The van der Waals surface area contributed by atoms with Crippen molar-refractivity contribution < 1.29 is 0 Å². The minimum absolute atomic E-state index is 0.773. The van der Waals surface area contributed by atoms with E-state index in [2.05, 4.69) is 10.2 Å². The van der Waals surface area contributed by atoms with Crippen LogP contribution in [0.3, 0.4) is 0 Å². The number of nitrogen functional groups attached to an aromatic ring is 1. The van der Waals surface area contributed by atoms with E-state index in [1.54, 1.807) is 0 Å². The molecule has 5 heteroatoms. The second-order valence-electron chi connectivity index (χ2n) is 3.65. The van der Waals surface area contributed by atoms with Gasteiger partial charge in [-0.3, -0.25) is 4.40 Å². The van der Waals surface area contributed by atoms with Crippen molar-refractivity contribution in [3.8, 4) is 11.4 Å². The Balaban J connectivity index is 2.30. The highest BCUT2D eigenvalue weighted by Crippen LogP contribution is 2.29. The van der Waals surface area contributed by atoms with Crippen molar-refractivity contribution in [2.75, 3.05) is 5.73 Å². The van der Waals surface area contributed by atoms with Crippen molar-refractivity contribution in [3.63, 3.8) is 0 Å². The van der Waals surface area contributed by atoms with Gasteiger partial charge >= 0.3 is 0 Å². The molecular weight excluding hydrogens is 220 g/mol. The zero-order valence-corrected chi connectivity index (χ0v) is 9.53. The standard InChI is InChI=1S/C11H10N4S/c1-7-2-4-15-9(6-7)13-14-11(15)8-3-5-16-10(8)12/h2-6H,12H2,1H3. The molecule has 3 rings (SSSR count). The first-order valence-electron chi connectivity index (χ1n) is 4.90. The Hall–Kier alpha value is -1.88. The summed E-state index contributed by atoms with van der Waals surface area (Å²) in [4.78, 5) is 0. The molecule has 0 aliphatic rings. The van der Waals surface area contributed by atoms with Gasteiger partial charge in [-0.05, 0) is 36.1 Å². The summed E-state index contributed by atoms with van der Waals surface area (Å²) in [5, 5.41) is 11.0. The van der Waals surface area contributed by atoms with E-state index in [0.717, 1.165) is 22.0 Å². The lowest BCUT2D eigenvalue weighted by Gasteiger charge is -1.99. The SMILES string of the molecule is Cc1ccn2c(-c3ccsc3N)nnc2c1. The molecule has 0 saturated carbocycles. The van der Waals surface area contributed by atoms with Crippen LogP contribution in [0.25, 0.3) is 17.0 Å². The molecule has 0 radical (unpaired) electrons. The van der Waals surface area contributed by atoms with Crippen molar-refractivity contribution in [1.82, 2.24) is 14.6 Å². The highest BCUT2D eigenvalue weighted by atomic mass is 32.1. The second-order valence-corrected chi connectivity index (χ2v) is 4.60. The van der Waals surface area contributed by atoms with Crippen molar-refractivity contribution in [2.24, 2.45) is 0 Å². The van der Waals surface area contributed by atoms with Gasteiger partial charge in [0.25, 0.3) is 0 Å². The Kier molecular flexibility index (Phi) is 1.94. The number of hydrogen-bond donors (Lipinski definition) is 1. The smallest absolute Gasteiger partial charge is 0.171 e. The third-order valence-corrected chi connectivity index (χ3v) is 3.25. The molecule has 0 amide bonds. The summed E-state index contributed by atoms with van der Waals surface area (Å²) < 4.78 is 1.95. The van der Waals surface area contributed by atoms with Gasteiger partial charge in [0.15, 0.2) is 11.5 Å². The van der Waals surface area contributed by atoms with E-state index in [9.17, 15) is 0 Å². The third-order valence-electron chi connectivity index (χ3n) is 2.50. The van der Waals surface area contributed by atoms with E-state index in [0.29, 0.717) is 0 Å². The molecule has 3 aromatic heterocycles. The van der Waals surface area contributed by atoms with Crippen LogP contribution in [-0.2, 0) is 0 Å². The van der Waals surface area contributed by atoms with Crippen LogP contribution >= 0.6 is 11.3 Å². The molecule has 80 valence electrons. The number of pyridine rings is 1. The lowest BCUT2D eigenvalue weighted by atomic mass is 10.3. The van der Waals surface area contributed by atoms with E-state index in [-0.39, 0.29) is 0 Å². The fourth-order valence-electron chi connectivity index (χ4n) is 1.68. The van der Waals surface area contributed by atoms with Crippen LogP contribution in [0.1, 0.15) is 5.56 Å². The zero-order valence-electron chi connectivity index (χ0n) is 8.71. The number of anilines is 1. The van der Waals surface area contributed by atoms with Gasteiger partial charge in [0.2, 0.25) is 0 Å². The van der Waals surface area contributed by atoms with Crippen molar-refractivity contribution in [3.05, 3.63) is 35.3 Å². The predicted octanol–water partition coefficient (Wildman–Crippen LogP) is 2.35. The van der Waals surface area contributed by atoms with Gasteiger partial charge in [0.05, 0.1) is 10.6 Å². The average molecular weight is 230 g/mol. The summed E-state index contributed by atoms with van der Waals surface area (Å²) in [5.41, 5.74) is 8.85. The number of nitrogens with two attached hydrogens (primary N) is 1. The maximum atomic E-state index is 5.89. The lowest BCUT2D eigenvalue weighted by Crippen LogP contribution is -1.91. The zero-order chi connectivity index (χ0) is 11.1. The minimum atomic E-state index is 0.773. The molecule has 4 nitrogen and oxygen atoms in total. The van der Waals surface area contributed by atoms with Gasteiger partial charge in [0, 0.05) is 6.20 Å². The van der Waals surface area contributed by atoms with Crippen LogP contribution in [0.5, 0.6) is 0 Å². The largest absolute Gasteiger partial charge is 0.390 e. The second kappa shape index (κ2) is 3.31. The molecule has 0 fully saturated rings. The Morgan fingerprint density at radius 1 is 1.31 bits per heavy atom. The topological polar surface area (TPSA) is 56.2 Å². The molecule has 0 aromatic carbocycles. The molecule has 0 unspecified atom stereocenters. The first-order valence-corrected chi connectivity index (χ1v) is 5.78. The summed E-state index contributed by atoms with van der Waals surface area (Å²) in [7, 11) is 0. The number of nitrogens with zero attached hydrogens (tertiary/aromatic N) is 3. The Labute approximate surface area is 96.4 Å². The van der Waals surface area contributed by atoms with Crippen LogP contribution in [0, 0.1) is 6.92 Å². The molecule has 3 aromatic rings. The van der Waals surface area contributed by atoms with Gasteiger partial charge in [-0.25, -0.2) is 0 Å². The molecule has 0 spiro atoms. The normalized spacial score (nSPS) is 11.1. The molecule has 2 N–H and O–H groups in total. The molecule has 0 aliphatic heterocycles. The maximum absolute atomic E-state index is 5.89. The Morgan fingerprint density at radius 3 is 2.94 bits per heavy atom. The molecule has 16 heavy (non-hydrogen) atoms. The molecule has 0 atom stereocenters. The van der Waals surface area contributed by atoms with Crippen molar-refractivity contribution in [1.29, 1.82) is 0 Å². The first-order chi connectivity index (χ1) is 7.75. The average Bonchev–Trinajstić information content (AvgIpc) is 2.83. The molecule has 0 aliphatic carbocycles. The number of fused-ring (bicyclic) bond motifs is 1. The highest BCUT2D eigenvalue weighted by Gasteiger charge is 2.11. The first kappa shape index (κ1) is 9.35. The number of thiophene rings is 1. The van der Waals surface area contributed by atoms with Crippen LogP contribution < -0.4 is 5.73 Å². The van der Waals surface area contributed by atoms with Crippen LogP contribution in [0.15, 0.2) is 29.8 Å². The summed E-state index contributed by atoms with van der Waals surface area (Å²) in [6, 6.07) is 6.00. The van der Waals surface area contributed by atoms with Gasteiger partial charge in [-0.2, -0.15) is 0 Å².